The fourth-order valence-electron chi connectivity index (χ4n) is 2.83. The lowest BCUT2D eigenvalue weighted by Gasteiger charge is -2.22. The van der Waals surface area contributed by atoms with Gasteiger partial charge in [-0.15, -0.1) is 0 Å². The maximum absolute atomic E-state index is 12.5. The first kappa shape index (κ1) is 18.6. The van der Waals surface area contributed by atoms with Gasteiger partial charge in [0, 0.05) is 22.8 Å². The monoisotopic (exact) mass is 429 g/mol. The fourth-order valence-corrected chi connectivity index (χ4v) is 3.27. The summed E-state index contributed by atoms with van der Waals surface area (Å²) in [6, 6.07) is 3.11. The third kappa shape index (κ3) is 4.29. The van der Waals surface area contributed by atoms with E-state index < -0.39 is 11.9 Å². The Bertz CT molecular complexity index is 784. The molecule has 1 aliphatic rings. The molecule has 138 valence electrons. The highest BCUT2D eigenvalue weighted by molar-refractivity contribution is 9.10. The summed E-state index contributed by atoms with van der Waals surface area (Å²) in [5.74, 6) is -0.0714. The van der Waals surface area contributed by atoms with Crippen LogP contribution in [-0.4, -0.2) is 32.9 Å². The van der Waals surface area contributed by atoms with E-state index in [1.807, 2.05) is 0 Å². The second-order valence-electron chi connectivity index (χ2n) is 5.88. The molecule has 2 aromatic heterocycles. The van der Waals surface area contributed by atoms with Crippen molar-refractivity contribution in [2.75, 3.05) is 5.32 Å². The number of hydrogen-bond acceptors (Lipinski definition) is 5. The van der Waals surface area contributed by atoms with E-state index in [4.69, 9.17) is 0 Å². The van der Waals surface area contributed by atoms with E-state index in [2.05, 4.69) is 41.5 Å². The molecular formula is C16H15BrF3N5O. The molecule has 1 aliphatic carbocycles. The molecule has 2 N–H and O–H groups in total. The molecule has 2 atom stereocenters. The maximum atomic E-state index is 12.5. The molecule has 0 spiro atoms. The summed E-state index contributed by atoms with van der Waals surface area (Å²) in [7, 11) is 0. The first-order chi connectivity index (χ1) is 12.3. The highest BCUT2D eigenvalue weighted by Gasteiger charge is 2.33. The molecular weight excluding hydrogens is 415 g/mol. The van der Waals surface area contributed by atoms with Crippen molar-refractivity contribution in [1.29, 1.82) is 0 Å². The molecule has 0 aromatic carbocycles. The Kier molecular flexibility index (Phi) is 5.40. The van der Waals surface area contributed by atoms with E-state index >= 15 is 0 Å². The lowest BCUT2D eigenvalue weighted by Crippen LogP contribution is -2.43. The van der Waals surface area contributed by atoms with Crippen LogP contribution < -0.4 is 10.6 Å². The number of hydrogen-bond donors (Lipinski definition) is 2. The summed E-state index contributed by atoms with van der Waals surface area (Å²) in [4.78, 5) is 23.6. The predicted molar refractivity (Wildman–Crippen MR) is 91.5 cm³/mol. The van der Waals surface area contributed by atoms with Crippen LogP contribution in [0.4, 0.5) is 19.0 Å². The number of rotatable bonds is 4. The lowest BCUT2D eigenvalue weighted by atomic mass is 10.1. The molecule has 1 saturated carbocycles. The zero-order valence-electron chi connectivity index (χ0n) is 13.4. The van der Waals surface area contributed by atoms with E-state index in [0.29, 0.717) is 10.7 Å². The predicted octanol–water partition coefficient (Wildman–Crippen LogP) is 3.42. The minimum absolute atomic E-state index is 0.146. The minimum atomic E-state index is -4.52. The number of pyridine rings is 1. The Morgan fingerprint density at radius 2 is 1.92 bits per heavy atom. The molecule has 6 nitrogen and oxygen atoms in total. The van der Waals surface area contributed by atoms with E-state index in [9.17, 15) is 18.0 Å². The molecule has 0 aliphatic heterocycles. The van der Waals surface area contributed by atoms with Gasteiger partial charge in [-0.3, -0.25) is 4.79 Å². The average molecular weight is 430 g/mol. The highest BCUT2D eigenvalue weighted by atomic mass is 79.9. The molecule has 1 fully saturated rings. The van der Waals surface area contributed by atoms with E-state index in [-0.39, 0.29) is 29.5 Å². The molecule has 10 heteroatoms. The largest absolute Gasteiger partial charge is 0.434 e. The number of anilines is 1. The lowest BCUT2D eigenvalue weighted by molar-refractivity contribution is -0.141. The quantitative estimate of drug-likeness (QED) is 0.778. The van der Waals surface area contributed by atoms with Gasteiger partial charge in [0.25, 0.3) is 5.91 Å². The maximum Gasteiger partial charge on any atom is 0.434 e. The summed E-state index contributed by atoms with van der Waals surface area (Å²) < 4.78 is 38.2. The molecule has 2 heterocycles. The van der Waals surface area contributed by atoms with E-state index in [1.54, 1.807) is 12.1 Å². The number of nitrogens with zero attached hydrogens (tertiary/aromatic N) is 3. The molecule has 1 amide bonds. The van der Waals surface area contributed by atoms with Crippen LogP contribution in [0.15, 0.2) is 35.2 Å². The van der Waals surface area contributed by atoms with Crippen molar-refractivity contribution in [3.05, 3.63) is 46.6 Å². The Labute approximate surface area is 155 Å². The van der Waals surface area contributed by atoms with Crippen LogP contribution in [0.25, 0.3) is 0 Å². The van der Waals surface area contributed by atoms with Gasteiger partial charge in [0.05, 0.1) is 12.4 Å². The van der Waals surface area contributed by atoms with Crippen molar-refractivity contribution in [3.8, 4) is 0 Å². The zero-order chi connectivity index (χ0) is 18.7. The van der Waals surface area contributed by atoms with Crippen LogP contribution in [0, 0.1) is 0 Å². The van der Waals surface area contributed by atoms with Gasteiger partial charge in [-0.05, 0) is 47.3 Å². The summed E-state index contributed by atoms with van der Waals surface area (Å²) in [5.41, 5.74) is -0.758. The Hall–Kier alpha value is -2.23. The molecule has 0 saturated heterocycles. The second kappa shape index (κ2) is 7.56. The molecule has 2 unspecified atom stereocenters. The Balaban J connectivity index is 1.65. The number of carbonyl (C=O) groups is 1. The topological polar surface area (TPSA) is 79.8 Å². The van der Waals surface area contributed by atoms with Crippen LogP contribution in [0.1, 0.15) is 35.4 Å². The number of amides is 1. The van der Waals surface area contributed by atoms with Gasteiger partial charge in [0.15, 0.2) is 5.69 Å². The van der Waals surface area contributed by atoms with E-state index in [1.165, 1.54) is 6.20 Å². The second-order valence-corrected chi connectivity index (χ2v) is 6.73. The smallest absolute Gasteiger partial charge is 0.364 e. The van der Waals surface area contributed by atoms with Gasteiger partial charge < -0.3 is 10.6 Å². The number of nitrogens with one attached hydrogen (secondary N) is 2. The molecule has 0 radical (unpaired) electrons. The van der Waals surface area contributed by atoms with Crippen LogP contribution in [0.2, 0.25) is 0 Å². The van der Waals surface area contributed by atoms with Crippen LogP contribution in [-0.2, 0) is 6.18 Å². The summed E-state index contributed by atoms with van der Waals surface area (Å²) in [6.07, 6.45) is 1.14. The molecule has 3 rings (SSSR count). The van der Waals surface area contributed by atoms with Crippen molar-refractivity contribution in [1.82, 2.24) is 20.3 Å². The number of halogens is 4. The van der Waals surface area contributed by atoms with Crippen LogP contribution in [0.5, 0.6) is 0 Å². The Morgan fingerprint density at radius 1 is 1.15 bits per heavy atom. The van der Waals surface area contributed by atoms with Crippen LogP contribution in [0.3, 0.4) is 0 Å². The van der Waals surface area contributed by atoms with E-state index in [0.717, 1.165) is 25.5 Å². The van der Waals surface area contributed by atoms with Crippen molar-refractivity contribution in [2.45, 2.75) is 37.5 Å². The number of carbonyl (C=O) groups excluding carboxylic acids is 1. The standard InChI is InChI=1S/C16H15BrF3N5O/c17-9-3-2-6-21-14(9)15(26)25-11-5-1-4-10(11)24-13-8-22-12(7-23-13)16(18,19)20/h2-3,6-8,10-11H,1,4-5H2,(H,23,24)(H,25,26). The minimum Gasteiger partial charge on any atom is -0.364 e. The van der Waals surface area contributed by atoms with Gasteiger partial charge in [-0.25, -0.2) is 15.0 Å². The fraction of sp³-hybridized carbons (Fsp3) is 0.375. The SMILES string of the molecule is O=C(NC1CCCC1Nc1cnc(C(F)(F)F)cn1)c1ncccc1Br. The number of alkyl halides is 3. The van der Waals surface area contributed by atoms with Crippen molar-refractivity contribution < 1.29 is 18.0 Å². The third-order valence-electron chi connectivity index (χ3n) is 4.08. The molecule has 2 aromatic rings. The molecule has 0 bridgehead atoms. The van der Waals surface area contributed by atoms with Crippen molar-refractivity contribution in [2.24, 2.45) is 0 Å². The van der Waals surface area contributed by atoms with Gasteiger partial charge in [-0.1, -0.05) is 0 Å². The molecule has 26 heavy (non-hydrogen) atoms. The average Bonchev–Trinajstić information content (AvgIpc) is 3.01. The van der Waals surface area contributed by atoms with Gasteiger partial charge in [0.2, 0.25) is 0 Å². The van der Waals surface area contributed by atoms with Gasteiger partial charge in [0.1, 0.15) is 11.5 Å². The zero-order valence-corrected chi connectivity index (χ0v) is 15.0. The Morgan fingerprint density at radius 3 is 2.58 bits per heavy atom. The highest BCUT2D eigenvalue weighted by Crippen LogP contribution is 2.28. The summed E-state index contributed by atoms with van der Waals surface area (Å²) in [6.45, 7) is 0. The van der Waals surface area contributed by atoms with Gasteiger partial charge in [-0.2, -0.15) is 13.2 Å². The first-order valence-electron chi connectivity index (χ1n) is 7.92. The first-order valence-corrected chi connectivity index (χ1v) is 8.71. The summed E-state index contributed by atoms with van der Waals surface area (Å²) in [5, 5.41) is 5.97. The normalized spacial score (nSPS) is 20.0. The van der Waals surface area contributed by atoms with Crippen LogP contribution >= 0.6 is 15.9 Å². The summed E-state index contributed by atoms with van der Waals surface area (Å²) >= 11 is 3.29. The van der Waals surface area contributed by atoms with Gasteiger partial charge >= 0.3 is 6.18 Å². The number of aromatic nitrogens is 3. The van der Waals surface area contributed by atoms with Crippen molar-refractivity contribution >= 4 is 27.7 Å². The van der Waals surface area contributed by atoms with Crippen molar-refractivity contribution in [3.63, 3.8) is 0 Å². The third-order valence-corrected chi connectivity index (χ3v) is 4.72.